The van der Waals surface area contributed by atoms with Crippen LogP contribution in [0.5, 0.6) is 0 Å². The summed E-state index contributed by atoms with van der Waals surface area (Å²) in [5, 5.41) is 0. The average Bonchev–Trinajstić information content (AvgIpc) is 2.57. The number of ether oxygens (including phenoxy) is 1. The Morgan fingerprint density at radius 2 is 2.35 bits per heavy atom. The maximum atomic E-state index is 12.9. The van der Waals surface area contributed by atoms with Crippen LogP contribution in [-0.2, 0) is 14.0 Å². The average molecular weight is 237 g/mol. The van der Waals surface area contributed by atoms with Gasteiger partial charge in [-0.2, -0.15) is 0 Å². The Balaban J connectivity index is 2.03. The van der Waals surface area contributed by atoms with Gasteiger partial charge < -0.3 is 19.8 Å². The second-order valence-electron chi connectivity index (χ2n) is 4.20. The topological polar surface area (TPSA) is 53.7 Å². The van der Waals surface area contributed by atoms with Crippen molar-refractivity contribution in [2.75, 3.05) is 19.8 Å². The summed E-state index contributed by atoms with van der Waals surface area (Å²) in [5.41, 5.74) is 8.31. The van der Waals surface area contributed by atoms with Crippen LogP contribution in [-0.4, -0.2) is 39.2 Å². The van der Waals surface area contributed by atoms with Crippen LogP contribution in [0.3, 0.4) is 0 Å². The van der Waals surface area contributed by atoms with E-state index in [1.807, 2.05) is 12.2 Å². The van der Waals surface area contributed by atoms with Crippen molar-refractivity contribution in [1.82, 2.24) is 0 Å². The van der Waals surface area contributed by atoms with E-state index in [2.05, 4.69) is 0 Å². The van der Waals surface area contributed by atoms with Gasteiger partial charge in [0.15, 0.2) is 0 Å². The highest BCUT2D eigenvalue weighted by atomic mass is 19.1. The Hall–Kier alpha value is -1.11. The van der Waals surface area contributed by atoms with Crippen LogP contribution < -0.4 is 5.73 Å². The van der Waals surface area contributed by atoms with Gasteiger partial charge in [-0.25, -0.2) is 4.39 Å². The number of allylic oxidation sites excluding steroid dienone is 3. The first-order valence-corrected chi connectivity index (χ1v) is 5.63. The summed E-state index contributed by atoms with van der Waals surface area (Å²) in [6, 6.07) is 0. The first-order chi connectivity index (χ1) is 8.33. The molecule has 3 heterocycles. The van der Waals surface area contributed by atoms with Crippen molar-refractivity contribution < 1.29 is 18.4 Å². The lowest BCUT2D eigenvalue weighted by Crippen LogP contribution is -2.37. The van der Waals surface area contributed by atoms with E-state index in [4.69, 9.17) is 19.8 Å². The zero-order valence-electron chi connectivity index (χ0n) is 9.27. The molecule has 0 amide bonds. The smallest absolute Gasteiger partial charge is 0.495 e. The van der Waals surface area contributed by atoms with Crippen LogP contribution in [0.25, 0.3) is 0 Å². The van der Waals surface area contributed by atoms with Crippen molar-refractivity contribution in [2.45, 2.75) is 12.2 Å². The number of nitrogens with two attached hydrogens (primary N) is 1. The van der Waals surface area contributed by atoms with Crippen LogP contribution in [0.2, 0.25) is 0 Å². The zero-order valence-corrected chi connectivity index (χ0v) is 9.27. The standard InChI is InChI=1S/C11H13BFNO3/c13-4-10-9-6-15-2-1-7-3-8(5-14)16-12(17-10)11(7)9/h1-3,8,10H,4-6,14H2/t8-,10+/m0/s1. The molecule has 2 atom stereocenters. The van der Waals surface area contributed by atoms with Crippen LogP contribution in [0.4, 0.5) is 4.39 Å². The largest absolute Gasteiger partial charge is 0.497 e. The molecule has 0 aliphatic carbocycles. The van der Waals surface area contributed by atoms with Crippen molar-refractivity contribution in [2.24, 2.45) is 5.73 Å². The molecule has 0 radical (unpaired) electrons. The van der Waals surface area contributed by atoms with Crippen molar-refractivity contribution in [3.8, 4) is 0 Å². The van der Waals surface area contributed by atoms with Gasteiger partial charge in [0.2, 0.25) is 0 Å². The number of hydrogen-bond acceptors (Lipinski definition) is 4. The summed E-state index contributed by atoms with van der Waals surface area (Å²) in [5.74, 6) is 0. The van der Waals surface area contributed by atoms with Crippen molar-refractivity contribution in [3.63, 3.8) is 0 Å². The van der Waals surface area contributed by atoms with E-state index in [0.717, 1.165) is 16.6 Å². The van der Waals surface area contributed by atoms with Gasteiger partial charge in [0.1, 0.15) is 13.3 Å². The zero-order chi connectivity index (χ0) is 11.8. The number of rotatable bonds is 2. The van der Waals surface area contributed by atoms with Crippen LogP contribution in [0.1, 0.15) is 0 Å². The Bertz CT molecular complexity index is 421. The molecule has 2 N–H and O–H groups in total. The maximum absolute atomic E-state index is 12.9. The lowest BCUT2D eigenvalue weighted by Gasteiger charge is -2.24. The Labute approximate surface area is 99.0 Å². The fourth-order valence-electron chi connectivity index (χ4n) is 2.36. The molecule has 0 aromatic heterocycles. The molecule has 17 heavy (non-hydrogen) atoms. The fourth-order valence-corrected chi connectivity index (χ4v) is 2.36. The minimum Gasteiger partial charge on any atom is -0.497 e. The van der Waals surface area contributed by atoms with Gasteiger partial charge in [-0.3, -0.25) is 0 Å². The third-order valence-corrected chi connectivity index (χ3v) is 3.19. The Morgan fingerprint density at radius 3 is 3.12 bits per heavy atom. The lowest BCUT2D eigenvalue weighted by molar-refractivity contribution is 0.127. The van der Waals surface area contributed by atoms with Crippen molar-refractivity contribution >= 4 is 7.12 Å². The second-order valence-corrected chi connectivity index (χ2v) is 4.20. The molecule has 6 heteroatoms. The SMILES string of the molecule is NC[C@@H]1C=C2C=COCC3=C2B(O1)O[C@@H]3CF. The highest BCUT2D eigenvalue weighted by Gasteiger charge is 2.44. The number of hydrogen-bond donors (Lipinski definition) is 1. The van der Waals surface area contributed by atoms with Crippen LogP contribution in [0, 0.1) is 0 Å². The van der Waals surface area contributed by atoms with Gasteiger partial charge in [-0.05, 0) is 28.8 Å². The lowest BCUT2D eigenvalue weighted by atomic mass is 9.70. The molecule has 0 bridgehead atoms. The molecule has 3 aliphatic rings. The molecular weight excluding hydrogens is 224 g/mol. The summed E-state index contributed by atoms with van der Waals surface area (Å²) in [6.07, 6.45) is 4.65. The van der Waals surface area contributed by atoms with Crippen LogP contribution in [0.15, 0.2) is 35.0 Å². The molecule has 0 spiro atoms. The predicted octanol–water partition coefficient (Wildman–Crippen LogP) is 0.506. The predicted molar refractivity (Wildman–Crippen MR) is 60.7 cm³/mol. The fraction of sp³-hybridized carbons (Fsp3) is 0.455. The van der Waals surface area contributed by atoms with E-state index < -0.39 is 19.9 Å². The second kappa shape index (κ2) is 4.29. The molecule has 0 saturated heterocycles. The summed E-state index contributed by atoms with van der Waals surface area (Å²) in [4.78, 5) is 0. The molecule has 3 rings (SSSR count). The van der Waals surface area contributed by atoms with Gasteiger partial charge in [0.05, 0.1) is 18.5 Å². The first kappa shape index (κ1) is 11.0. The van der Waals surface area contributed by atoms with Gasteiger partial charge in [-0.1, -0.05) is 0 Å². The highest BCUT2D eigenvalue weighted by molar-refractivity contribution is 6.57. The molecule has 0 fully saturated rings. The van der Waals surface area contributed by atoms with Gasteiger partial charge in [-0.15, -0.1) is 0 Å². The van der Waals surface area contributed by atoms with Crippen molar-refractivity contribution in [1.29, 1.82) is 0 Å². The molecule has 3 aliphatic heterocycles. The summed E-state index contributed by atoms with van der Waals surface area (Å²) in [7, 11) is -0.509. The van der Waals surface area contributed by atoms with E-state index in [1.54, 1.807) is 6.26 Å². The molecular formula is C11H13BFNO3. The van der Waals surface area contributed by atoms with Gasteiger partial charge in [0.25, 0.3) is 0 Å². The molecule has 4 nitrogen and oxygen atoms in total. The van der Waals surface area contributed by atoms with E-state index in [9.17, 15) is 4.39 Å². The van der Waals surface area contributed by atoms with Gasteiger partial charge in [0, 0.05) is 6.54 Å². The number of alkyl halides is 1. The minimum atomic E-state index is -0.567. The molecule has 90 valence electrons. The molecule has 0 saturated carbocycles. The maximum Gasteiger partial charge on any atom is 0.495 e. The Morgan fingerprint density at radius 1 is 1.47 bits per heavy atom. The van der Waals surface area contributed by atoms with Gasteiger partial charge >= 0.3 is 7.12 Å². The molecule has 0 aromatic carbocycles. The first-order valence-electron chi connectivity index (χ1n) is 5.63. The summed E-state index contributed by atoms with van der Waals surface area (Å²) < 4.78 is 29.4. The molecule has 0 unspecified atom stereocenters. The van der Waals surface area contributed by atoms with Crippen LogP contribution >= 0.6 is 0 Å². The normalized spacial score (nSPS) is 30.9. The third kappa shape index (κ3) is 1.72. The van der Waals surface area contributed by atoms with E-state index >= 15 is 0 Å². The van der Waals surface area contributed by atoms with E-state index in [1.165, 1.54) is 0 Å². The summed E-state index contributed by atoms with van der Waals surface area (Å²) in [6.45, 7) is 0.161. The third-order valence-electron chi connectivity index (χ3n) is 3.19. The highest BCUT2D eigenvalue weighted by Crippen LogP contribution is 2.36. The van der Waals surface area contributed by atoms with E-state index in [0.29, 0.717) is 13.2 Å². The number of halogens is 1. The van der Waals surface area contributed by atoms with Crippen molar-refractivity contribution in [3.05, 3.63) is 35.0 Å². The van der Waals surface area contributed by atoms with E-state index in [-0.39, 0.29) is 6.10 Å². The molecule has 0 aromatic rings. The Kier molecular flexibility index (Phi) is 2.78. The monoisotopic (exact) mass is 237 g/mol. The summed E-state index contributed by atoms with van der Waals surface area (Å²) >= 11 is 0. The quantitative estimate of drug-likeness (QED) is 0.711. The minimum absolute atomic E-state index is 0.193.